The fourth-order valence-corrected chi connectivity index (χ4v) is 8.15. The van der Waals surface area contributed by atoms with E-state index in [9.17, 15) is 4.79 Å². The summed E-state index contributed by atoms with van der Waals surface area (Å²) in [6, 6.07) is 25.7. The van der Waals surface area contributed by atoms with E-state index in [4.69, 9.17) is 35.3 Å². The molecule has 0 N–H and O–H groups in total. The van der Waals surface area contributed by atoms with Crippen LogP contribution >= 0.6 is 11.6 Å². The quantitative estimate of drug-likeness (QED) is 0.152. The number of hydrogen-bond donors (Lipinski definition) is 0. The first-order valence-corrected chi connectivity index (χ1v) is 19.0. The van der Waals surface area contributed by atoms with Crippen molar-refractivity contribution in [2.45, 2.75) is 51.6 Å². The predicted octanol–water partition coefficient (Wildman–Crippen LogP) is 9.92. The number of carbonyl (C=O) groups excluding carboxylic acids is 1. The molecule has 3 aliphatic rings. The number of aryl methyl sites for hydroxylation is 2. The highest BCUT2D eigenvalue weighted by atomic mass is 35.5. The lowest BCUT2D eigenvalue weighted by atomic mass is 9.87. The Bertz CT molecular complexity index is 2220. The number of ketones is 1. The number of likely N-dealkylation sites (N-methyl/N-ethyl adjacent to an activating group) is 2. The van der Waals surface area contributed by atoms with E-state index in [0.29, 0.717) is 51.5 Å². The van der Waals surface area contributed by atoms with Gasteiger partial charge in [0.15, 0.2) is 28.8 Å². The molecule has 55 heavy (non-hydrogen) atoms. The molecule has 5 aromatic carbocycles. The third-order valence-electron chi connectivity index (χ3n) is 11.1. The third kappa shape index (κ3) is 7.77. The number of Topliss-reactive ketones (excluding diaryl/α,β-unsaturated/α-hetero) is 1. The molecule has 0 aromatic heterocycles. The Morgan fingerprint density at radius 3 is 2.22 bits per heavy atom. The summed E-state index contributed by atoms with van der Waals surface area (Å²) in [5.41, 5.74) is 9.15. The molecule has 0 saturated carbocycles. The molecule has 8 nitrogen and oxygen atoms in total. The molecule has 0 aliphatic carbocycles. The SMILES string of the molecule is COc1cc(CC(=O)c2ccc(Cl)cc2)c2cc1Oc1ccc(cc1)C[C@H]1c3cc(c(C)cc3CCN1C)Oc1c(OC)c(OC)cc(C)c1[C@@H](N(C)C)C2. The van der Waals surface area contributed by atoms with Gasteiger partial charge in [-0.15, -0.1) is 0 Å². The number of methoxy groups -OCH3 is 3. The molecule has 3 aliphatic heterocycles. The maximum Gasteiger partial charge on any atom is 0.204 e. The number of fused-ring (bicyclic) bond motifs is 3. The summed E-state index contributed by atoms with van der Waals surface area (Å²) < 4.78 is 31.6. The first kappa shape index (κ1) is 38.3. The summed E-state index contributed by atoms with van der Waals surface area (Å²) in [6.07, 6.45) is 2.46. The van der Waals surface area contributed by atoms with E-state index in [1.54, 1.807) is 45.6 Å². The van der Waals surface area contributed by atoms with Gasteiger partial charge in [-0.25, -0.2) is 0 Å². The maximum absolute atomic E-state index is 13.8. The van der Waals surface area contributed by atoms with Crippen molar-refractivity contribution in [3.8, 4) is 40.2 Å². The van der Waals surface area contributed by atoms with Crippen LogP contribution in [0.5, 0.6) is 40.2 Å². The summed E-state index contributed by atoms with van der Waals surface area (Å²) in [6.45, 7) is 5.16. The molecule has 0 fully saturated rings. The first-order chi connectivity index (χ1) is 26.5. The van der Waals surface area contributed by atoms with Crippen molar-refractivity contribution in [1.29, 1.82) is 0 Å². The van der Waals surface area contributed by atoms with Crippen LogP contribution in [0.2, 0.25) is 5.02 Å². The van der Waals surface area contributed by atoms with Gasteiger partial charge in [0.25, 0.3) is 0 Å². The predicted molar refractivity (Wildman–Crippen MR) is 217 cm³/mol. The molecule has 9 heteroatoms. The number of benzene rings is 5. The van der Waals surface area contributed by atoms with Crippen LogP contribution in [0, 0.1) is 13.8 Å². The van der Waals surface area contributed by atoms with Crippen LogP contribution in [0.15, 0.2) is 78.9 Å². The van der Waals surface area contributed by atoms with Gasteiger partial charge in [0.05, 0.1) is 21.3 Å². The van der Waals surface area contributed by atoms with Crippen molar-refractivity contribution in [2.75, 3.05) is 49.0 Å². The van der Waals surface area contributed by atoms with E-state index in [-0.39, 0.29) is 24.3 Å². The summed E-state index contributed by atoms with van der Waals surface area (Å²) in [7, 11) is 11.2. The van der Waals surface area contributed by atoms with Crippen LogP contribution in [0.3, 0.4) is 0 Å². The highest BCUT2D eigenvalue weighted by Crippen LogP contribution is 2.50. The molecular weight excluding hydrogens is 712 g/mol. The molecule has 5 aromatic rings. The van der Waals surface area contributed by atoms with Crippen molar-refractivity contribution in [1.82, 2.24) is 9.80 Å². The Hall–Kier alpha value is -5.02. The fraction of sp³-hybridized carbons (Fsp3) is 0.326. The van der Waals surface area contributed by atoms with Crippen molar-refractivity contribution < 1.29 is 28.5 Å². The van der Waals surface area contributed by atoms with E-state index in [1.807, 2.05) is 30.3 Å². The average molecular weight is 761 g/mol. The summed E-state index contributed by atoms with van der Waals surface area (Å²) >= 11 is 6.17. The lowest BCUT2D eigenvalue weighted by Gasteiger charge is -2.36. The van der Waals surface area contributed by atoms with Gasteiger partial charge in [-0.2, -0.15) is 0 Å². The molecular formula is C46H49ClN2O6. The normalized spacial score (nSPS) is 16.7. The van der Waals surface area contributed by atoms with Gasteiger partial charge in [-0.1, -0.05) is 29.8 Å². The number of rotatable bonds is 7. The Balaban J connectivity index is 1.45. The van der Waals surface area contributed by atoms with Crippen LogP contribution in [-0.2, 0) is 25.7 Å². The van der Waals surface area contributed by atoms with Crippen molar-refractivity contribution >= 4 is 17.4 Å². The number of hydrogen-bond acceptors (Lipinski definition) is 8. The summed E-state index contributed by atoms with van der Waals surface area (Å²) in [5.74, 6) is 4.25. The Morgan fingerprint density at radius 1 is 0.818 bits per heavy atom. The van der Waals surface area contributed by atoms with Crippen LogP contribution in [-0.4, -0.2) is 64.6 Å². The minimum atomic E-state index is -0.226. The lowest BCUT2D eigenvalue weighted by Crippen LogP contribution is -2.33. The molecule has 8 rings (SSSR count). The number of ether oxygens (including phenoxy) is 5. The van der Waals surface area contributed by atoms with E-state index < -0.39 is 0 Å². The molecule has 2 atom stereocenters. The molecule has 6 bridgehead atoms. The highest BCUT2D eigenvalue weighted by Gasteiger charge is 2.31. The van der Waals surface area contributed by atoms with E-state index in [0.717, 1.165) is 53.0 Å². The number of nitrogens with zero attached hydrogens (tertiary/aromatic N) is 2. The van der Waals surface area contributed by atoms with Crippen molar-refractivity contribution in [3.63, 3.8) is 0 Å². The second-order valence-corrected chi connectivity index (χ2v) is 15.3. The fourth-order valence-electron chi connectivity index (χ4n) is 8.02. The molecule has 0 saturated heterocycles. The zero-order chi connectivity index (χ0) is 39.0. The topological polar surface area (TPSA) is 69.7 Å². The zero-order valence-corrected chi connectivity index (χ0v) is 33.7. The second-order valence-electron chi connectivity index (χ2n) is 14.8. The average Bonchev–Trinajstić information content (AvgIpc) is 3.17. The largest absolute Gasteiger partial charge is 0.493 e. The standard InChI is InChI=1S/C46H49ClN2O6/c1-27-19-31-17-18-49(5)37-21-29-9-15-35(16-10-29)54-42-25-32(33(24-41(42)51-6)23-39(50)30-11-13-34(47)14-12-30)22-38(48(3)4)44-28(2)20-43(52-7)45(53-8)46(44)55-40(27)26-36(31)37/h9-16,19-20,24-26,37-38H,17-18,21-23H2,1-8H3/t37-,38-/m0/s1. The van der Waals surface area contributed by atoms with Gasteiger partial charge in [0.2, 0.25) is 5.75 Å². The molecule has 0 unspecified atom stereocenters. The molecule has 0 radical (unpaired) electrons. The maximum atomic E-state index is 13.8. The highest BCUT2D eigenvalue weighted by molar-refractivity contribution is 6.30. The Morgan fingerprint density at radius 2 is 1.55 bits per heavy atom. The third-order valence-corrected chi connectivity index (χ3v) is 11.3. The summed E-state index contributed by atoms with van der Waals surface area (Å²) in [4.78, 5) is 18.4. The smallest absolute Gasteiger partial charge is 0.204 e. The van der Waals surface area contributed by atoms with Crippen LogP contribution in [0.25, 0.3) is 0 Å². The van der Waals surface area contributed by atoms with Crippen LogP contribution in [0.4, 0.5) is 0 Å². The van der Waals surface area contributed by atoms with Gasteiger partial charge in [0, 0.05) is 41.2 Å². The molecule has 286 valence electrons. The minimum Gasteiger partial charge on any atom is -0.493 e. The monoisotopic (exact) mass is 760 g/mol. The van der Waals surface area contributed by atoms with E-state index >= 15 is 0 Å². The van der Waals surface area contributed by atoms with Gasteiger partial charge in [0.1, 0.15) is 11.5 Å². The molecule has 0 spiro atoms. The second kappa shape index (κ2) is 16.0. The van der Waals surface area contributed by atoms with Crippen molar-refractivity contribution in [3.05, 3.63) is 134 Å². The van der Waals surface area contributed by atoms with E-state index in [1.165, 1.54) is 16.7 Å². The number of halogens is 1. The van der Waals surface area contributed by atoms with Crippen molar-refractivity contribution in [2.24, 2.45) is 0 Å². The Kier molecular flexibility index (Phi) is 11.1. The van der Waals surface area contributed by atoms with Crippen LogP contribution in [0.1, 0.15) is 66.9 Å². The zero-order valence-electron chi connectivity index (χ0n) is 32.9. The minimum absolute atomic E-state index is 0.0294. The van der Waals surface area contributed by atoms with Gasteiger partial charge >= 0.3 is 0 Å². The molecule has 3 heterocycles. The summed E-state index contributed by atoms with van der Waals surface area (Å²) in [5, 5.41) is 0.578. The Labute approximate surface area is 329 Å². The van der Waals surface area contributed by atoms with Gasteiger partial charge in [-0.3, -0.25) is 9.69 Å². The first-order valence-electron chi connectivity index (χ1n) is 18.7. The van der Waals surface area contributed by atoms with Gasteiger partial charge < -0.3 is 28.6 Å². The number of carbonyl (C=O) groups is 1. The lowest BCUT2D eigenvalue weighted by molar-refractivity contribution is 0.0992. The molecule has 0 amide bonds. The van der Waals surface area contributed by atoms with Gasteiger partial charge in [-0.05, 0) is 154 Å². The van der Waals surface area contributed by atoms with Crippen LogP contribution < -0.4 is 23.7 Å². The van der Waals surface area contributed by atoms with E-state index in [2.05, 4.69) is 69.1 Å².